The van der Waals surface area contributed by atoms with Crippen LogP contribution in [0.3, 0.4) is 0 Å². The molecule has 1 aliphatic heterocycles. The van der Waals surface area contributed by atoms with Crippen LogP contribution >= 0.6 is 0 Å². The van der Waals surface area contributed by atoms with Crippen LogP contribution in [0, 0.1) is 0 Å². The van der Waals surface area contributed by atoms with Crippen LogP contribution in [0.2, 0.25) is 0 Å². The minimum absolute atomic E-state index is 0.290. The van der Waals surface area contributed by atoms with Crippen LogP contribution in [0.15, 0.2) is 77.7 Å². The first kappa shape index (κ1) is 16.8. The molecule has 26 heavy (non-hydrogen) atoms. The Bertz CT molecular complexity index is 1030. The quantitative estimate of drug-likeness (QED) is 0.740. The summed E-state index contributed by atoms with van der Waals surface area (Å²) in [6.45, 7) is 1.62. The van der Waals surface area contributed by atoms with Crippen molar-refractivity contribution in [3.8, 4) is 11.1 Å². The number of nitrogens with one attached hydrogen (secondary N) is 2. The number of hydrogen-bond donors (Lipinski definition) is 2. The largest absolute Gasteiger partial charge is 0.312 e. The molecule has 4 rings (SSSR count). The molecule has 0 atom stereocenters. The van der Waals surface area contributed by atoms with Crippen molar-refractivity contribution in [1.82, 2.24) is 5.32 Å². The fraction of sp³-hybridized carbons (Fsp3) is 0.143. The molecule has 2 N–H and O–H groups in total. The second-order valence-electron chi connectivity index (χ2n) is 6.34. The molecule has 1 aliphatic rings. The van der Waals surface area contributed by atoms with Crippen molar-refractivity contribution in [2.24, 2.45) is 0 Å². The van der Waals surface area contributed by atoms with E-state index in [9.17, 15) is 8.42 Å². The Morgan fingerprint density at radius 3 is 2.46 bits per heavy atom. The Morgan fingerprint density at radius 1 is 0.846 bits per heavy atom. The van der Waals surface area contributed by atoms with Gasteiger partial charge >= 0.3 is 0 Å². The normalized spacial score (nSPS) is 13.8. The SMILES string of the molecule is O=S(=O)(Nc1cccc2c1CCNC2)c1ccccc1-c1ccccc1. The van der Waals surface area contributed by atoms with Crippen LogP contribution in [-0.4, -0.2) is 15.0 Å². The summed E-state index contributed by atoms with van der Waals surface area (Å²) in [4.78, 5) is 0.290. The van der Waals surface area contributed by atoms with E-state index >= 15 is 0 Å². The summed E-state index contributed by atoms with van der Waals surface area (Å²) in [7, 11) is -3.70. The van der Waals surface area contributed by atoms with Crippen LogP contribution in [0.25, 0.3) is 11.1 Å². The third-order valence-electron chi connectivity index (χ3n) is 4.65. The molecule has 5 heteroatoms. The van der Waals surface area contributed by atoms with E-state index in [1.165, 1.54) is 0 Å². The summed E-state index contributed by atoms with van der Waals surface area (Å²) < 4.78 is 29.1. The third-order valence-corrected chi connectivity index (χ3v) is 6.07. The predicted molar refractivity (Wildman–Crippen MR) is 105 cm³/mol. The summed E-state index contributed by atoms with van der Waals surface area (Å²) in [5.41, 5.74) is 4.48. The molecule has 0 aliphatic carbocycles. The van der Waals surface area contributed by atoms with Crippen LogP contribution in [0.5, 0.6) is 0 Å². The molecule has 3 aromatic carbocycles. The summed E-state index contributed by atoms with van der Waals surface area (Å²) in [6.07, 6.45) is 0.814. The lowest BCUT2D eigenvalue weighted by molar-refractivity contribution is 0.601. The maximum atomic E-state index is 13.2. The van der Waals surface area contributed by atoms with Crippen molar-refractivity contribution >= 4 is 15.7 Å². The zero-order valence-corrected chi connectivity index (χ0v) is 15.1. The molecule has 3 aromatic rings. The number of sulfonamides is 1. The minimum Gasteiger partial charge on any atom is -0.312 e. The number of anilines is 1. The first-order valence-corrected chi connectivity index (χ1v) is 10.1. The van der Waals surface area contributed by atoms with Crippen molar-refractivity contribution in [1.29, 1.82) is 0 Å². The first-order valence-electron chi connectivity index (χ1n) is 8.64. The molecular weight excluding hydrogens is 344 g/mol. The van der Waals surface area contributed by atoms with E-state index in [1.54, 1.807) is 12.1 Å². The van der Waals surface area contributed by atoms with Crippen molar-refractivity contribution in [2.75, 3.05) is 11.3 Å². The van der Waals surface area contributed by atoms with Gasteiger partial charge in [-0.1, -0.05) is 60.7 Å². The van der Waals surface area contributed by atoms with E-state index in [0.29, 0.717) is 11.3 Å². The number of hydrogen-bond acceptors (Lipinski definition) is 3. The van der Waals surface area contributed by atoms with Gasteiger partial charge in [-0.3, -0.25) is 4.72 Å². The van der Waals surface area contributed by atoms with Gasteiger partial charge in [0.05, 0.1) is 10.6 Å². The Kier molecular flexibility index (Phi) is 4.49. The van der Waals surface area contributed by atoms with E-state index in [4.69, 9.17) is 0 Å². The van der Waals surface area contributed by atoms with Gasteiger partial charge in [0, 0.05) is 12.1 Å². The molecule has 132 valence electrons. The van der Waals surface area contributed by atoms with E-state index in [-0.39, 0.29) is 4.90 Å². The molecule has 0 aromatic heterocycles. The Balaban J connectivity index is 1.76. The van der Waals surface area contributed by atoms with E-state index in [1.807, 2.05) is 60.7 Å². The van der Waals surface area contributed by atoms with E-state index in [2.05, 4.69) is 10.0 Å². The Labute approximate surface area is 153 Å². The zero-order chi connectivity index (χ0) is 18.0. The highest BCUT2D eigenvalue weighted by molar-refractivity contribution is 7.92. The van der Waals surface area contributed by atoms with E-state index in [0.717, 1.165) is 36.2 Å². The maximum Gasteiger partial charge on any atom is 0.262 e. The van der Waals surface area contributed by atoms with Gasteiger partial charge in [0.2, 0.25) is 0 Å². The van der Waals surface area contributed by atoms with Gasteiger partial charge in [0.1, 0.15) is 0 Å². The Morgan fingerprint density at radius 2 is 1.62 bits per heavy atom. The first-order chi connectivity index (χ1) is 12.6. The van der Waals surface area contributed by atoms with Crippen molar-refractivity contribution < 1.29 is 8.42 Å². The lowest BCUT2D eigenvalue weighted by atomic mass is 9.99. The van der Waals surface area contributed by atoms with Gasteiger partial charge in [0.15, 0.2) is 0 Å². The lowest BCUT2D eigenvalue weighted by Crippen LogP contribution is -2.25. The predicted octanol–water partition coefficient (Wildman–Crippen LogP) is 3.80. The fourth-order valence-electron chi connectivity index (χ4n) is 3.38. The second kappa shape index (κ2) is 6.94. The molecule has 0 spiro atoms. The van der Waals surface area contributed by atoms with Gasteiger partial charge in [-0.05, 0) is 41.8 Å². The zero-order valence-electron chi connectivity index (χ0n) is 14.3. The number of rotatable bonds is 4. The molecule has 0 saturated heterocycles. The molecular formula is C21H20N2O2S. The van der Waals surface area contributed by atoms with Gasteiger partial charge < -0.3 is 5.32 Å². The van der Waals surface area contributed by atoms with Gasteiger partial charge in [-0.25, -0.2) is 8.42 Å². The molecule has 0 amide bonds. The molecule has 0 saturated carbocycles. The molecule has 0 unspecified atom stereocenters. The number of fused-ring (bicyclic) bond motifs is 1. The summed E-state index contributed by atoms with van der Waals surface area (Å²) in [5, 5.41) is 3.32. The Hall–Kier alpha value is -2.63. The molecule has 1 heterocycles. The van der Waals surface area contributed by atoms with Gasteiger partial charge in [0.25, 0.3) is 10.0 Å². The second-order valence-corrected chi connectivity index (χ2v) is 7.99. The van der Waals surface area contributed by atoms with Crippen LogP contribution < -0.4 is 10.0 Å². The highest BCUT2D eigenvalue weighted by atomic mass is 32.2. The van der Waals surface area contributed by atoms with Crippen molar-refractivity contribution in [3.05, 3.63) is 83.9 Å². The molecule has 4 nitrogen and oxygen atoms in total. The topological polar surface area (TPSA) is 58.2 Å². The monoisotopic (exact) mass is 364 g/mol. The minimum atomic E-state index is -3.70. The summed E-state index contributed by atoms with van der Waals surface area (Å²) in [6, 6.07) is 22.5. The molecule has 0 bridgehead atoms. The van der Waals surface area contributed by atoms with Gasteiger partial charge in [-0.2, -0.15) is 0 Å². The average molecular weight is 364 g/mol. The van der Waals surface area contributed by atoms with E-state index < -0.39 is 10.0 Å². The van der Waals surface area contributed by atoms with Gasteiger partial charge in [-0.15, -0.1) is 0 Å². The highest BCUT2D eigenvalue weighted by Gasteiger charge is 2.21. The average Bonchev–Trinajstić information content (AvgIpc) is 2.69. The van der Waals surface area contributed by atoms with Crippen LogP contribution in [-0.2, 0) is 23.0 Å². The van der Waals surface area contributed by atoms with Crippen LogP contribution in [0.1, 0.15) is 11.1 Å². The van der Waals surface area contributed by atoms with Crippen LogP contribution in [0.4, 0.5) is 5.69 Å². The summed E-state index contributed by atoms with van der Waals surface area (Å²) in [5.74, 6) is 0. The lowest BCUT2D eigenvalue weighted by Gasteiger charge is -2.21. The molecule has 0 fully saturated rings. The van der Waals surface area contributed by atoms with Crippen molar-refractivity contribution in [3.63, 3.8) is 0 Å². The fourth-order valence-corrected chi connectivity index (χ4v) is 4.71. The number of benzene rings is 3. The molecule has 0 radical (unpaired) electrons. The summed E-state index contributed by atoms with van der Waals surface area (Å²) >= 11 is 0. The van der Waals surface area contributed by atoms with Crippen molar-refractivity contribution in [2.45, 2.75) is 17.9 Å². The highest BCUT2D eigenvalue weighted by Crippen LogP contribution is 2.30. The third kappa shape index (κ3) is 3.23. The smallest absolute Gasteiger partial charge is 0.262 e. The standard InChI is InChI=1S/C21H20N2O2S/c24-26(25,23-20-11-6-9-17-15-22-14-13-18(17)20)21-12-5-4-10-19(21)16-7-2-1-3-8-16/h1-12,22-23H,13-15H2. The maximum absolute atomic E-state index is 13.2.